The van der Waals surface area contributed by atoms with E-state index < -0.39 is 5.60 Å². The predicted octanol–water partition coefficient (Wildman–Crippen LogP) is 3.58. The fraction of sp³-hybridized carbons (Fsp3) is 0.333. The first-order valence-corrected chi connectivity index (χ1v) is 6.92. The first-order chi connectivity index (χ1) is 9.90. The minimum Gasteiger partial charge on any atom is -0.496 e. The molecule has 1 atom stereocenters. The maximum absolute atomic E-state index is 11.2. The number of ether oxygens (including phenoxy) is 2. The molecule has 0 amide bonds. The van der Waals surface area contributed by atoms with Crippen LogP contribution in [0.2, 0.25) is 0 Å². The van der Waals surface area contributed by atoms with Crippen LogP contribution in [0.25, 0.3) is 0 Å². The highest BCUT2D eigenvalue weighted by Crippen LogP contribution is 2.41. The SMILES string of the molecule is COc1cccc(OC)c1C(C)(O)c1cc(C)cc(C)c1. The summed E-state index contributed by atoms with van der Waals surface area (Å²) in [5.41, 5.74) is 2.48. The molecule has 0 spiro atoms. The summed E-state index contributed by atoms with van der Waals surface area (Å²) < 4.78 is 10.8. The van der Waals surface area contributed by atoms with Crippen LogP contribution in [-0.4, -0.2) is 19.3 Å². The van der Waals surface area contributed by atoms with E-state index in [0.29, 0.717) is 17.1 Å². The number of benzene rings is 2. The van der Waals surface area contributed by atoms with Crippen molar-refractivity contribution < 1.29 is 14.6 Å². The molecule has 3 nitrogen and oxygen atoms in total. The van der Waals surface area contributed by atoms with Crippen LogP contribution in [0.5, 0.6) is 11.5 Å². The maximum Gasteiger partial charge on any atom is 0.129 e. The van der Waals surface area contributed by atoms with Gasteiger partial charge in [0, 0.05) is 0 Å². The van der Waals surface area contributed by atoms with Gasteiger partial charge in [0.1, 0.15) is 17.1 Å². The normalized spacial score (nSPS) is 13.6. The van der Waals surface area contributed by atoms with E-state index in [1.165, 1.54) is 0 Å². The number of aliphatic hydroxyl groups is 1. The van der Waals surface area contributed by atoms with Crippen LogP contribution in [0, 0.1) is 13.8 Å². The molecule has 2 aromatic rings. The van der Waals surface area contributed by atoms with Gasteiger partial charge in [-0.2, -0.15) is 0 Å². The lowest BCUT2D eigenvalue weighted by Gasteiger charge is -2.28. The first-order valence-electron chi connectivity index (χ1n) is 6.92. The van der Waals surface area contributed by atoms with Gasteiger partial charge in [-0.05, 0) is 38.5 Å². The van der Waals surface area contributed by atoms with Gasteiger partial charge in [0.2, 0.25) is 0 Å². The average Bonchev–Trinajstić information content (AvgIpc) is 2.45. The summed E-state index contributed by atoms with van der Waals surface area (Å²) in [5.74, 6) is 1.22. The van der Waals surface area contributed by atoms with Gasteiger partial charge in [0.25, 0.3) is 0 Å². The molecule has 2 rings (SSSR count). The van der Waals surface area contributed by atoms with Crippen LogP contribution in [0.1, 0.15) is 29.2 Å². The summed E-state index contributed by atoms with van der Waals surface area (Å²) in [6.45, 7) is 5.81. The number of aryl methyl sites for hydroxylation is 2. The van der Waals surface area contributed by atoms with Crippen molar-refractivity contribution >= 4 is 0 Å². The van der Waals surface area contributed by atoms with Crippen LogP contribution in [-0.2, 0) is 5.60 Å². The van der Waals surface area contributed by atoms with Gasteiger partial charge in [-0.3, -0.25) is 0 Å². The van der Waals surface area contributed by atoms with Crippen molar-refractivity contribution in [2.24, 2.45) is 0 Å². The van der Waals surface area contributed by atoms with Crippen molar-refractivity contribution in [1.82, 2.24) is 0 Å². The molecule has 112 valence electrons. The molecular weight excluding hydrogens is 264 g/mol. The van der Waals surface area contributed by atoms with Gasteiger partial charge in [-0.25, -0.2) is 0 Å². The molecule has 0 aliphatic carbocycles. The van der Waals surface area contributed by atoms with E-state index in [9.17, 15) is 5.11 Å². The molecule has 0 bridgehead atoms. The van der Waals surface area contributed by atoms with Crippen molar-refractivity contribution in [3.8, 4) is 11.5 Å². The quantitative estimate of drug-likeness (QED) is 0.933. The Balaban J connectivity index is 2.68. The number of hydrogen-bond donors (Lipinski definition) is 1. The summed E-state index contributed by atoms with van der Waals surface area (Å²) in [6.07, 6.45) is 0. The highest BCUT2D eigenvalue weighted by Gasteiger charge is 2.32. The summed E-state index contributed by atoms with van der Waals surface area (Å²) in [4.78, 5) is 0. The third-order valence-electron chi connectivity index (χ3n) is 3.70. The van der Waals surface area contributed by atoms with Gasteiger partial charge >= 0.3 is 0 Å². The van der Waals surface area contributed by atoms with E-state index in [-0.39, 0.29) is 0 Å². The van der Waals surface area contributed by atoms with Crippen molar-refractivity contribution in [3.05, 3.63) is 58.7 Å². The van der Waals surface area contributed by atoms with Crippen LogP contribution in [0.4, 0.5) is 0 Å². The van der Waals surface area contributed by atoms with Crippen LogP contribution < -0.4 is 9.47 Å². The topological polar surface area (TPSA) is 38.7 Å². The fourth-order valence-corrected chi connectivity index (χ4v) is 2.73. The van der Waals surface area contributed by atoms with Gasteiger partial charge in [-0.1, -0.05) is 35.4 Å². The van der Waals surface area contributed by atoms with Gasteiger partial charge in [0.15, 0.2) is 0 Å². The molecule has 0 saturated carbocycles. The molecule has 0 saturated heterocycles. The molecule has 3 heteroatoms. The third-order valence-corrected chi connectivity index (χ3v) is 3.70. The molecule has 0 heterocycles. The third kappa shape index (κ3) is 2.88. The highest BCUT2D eigenvalue weighted by atomic mass is 16.5. The summed E-state index contributed by atoms with van der Waals surface area (Å²) in [7, 11) is 3.19. The zero-order chi connectivity index (χ0) is 15.6. The lowest BCUT2D eigenvalue weighted by Crippen LogP contribution is -2.24. The Kier molecular flexibility index (Phi) is 4.24. The van der Waals surface area contributed by atoms with E-state index in [1.807, 2.05) is 44.2 Å². The molecule has 21 heavy (non-hydrogen) atoms. The maximum atomic E-state index is 11.2. The predicted molar refractivity (Wildman–Crippen MR) is 84.1 cm³/mol. The molecule has 0 aliphatic heterocycles. The second-order valence-corrected chi connectivity index (χ2v) is 5.49. The monoisotopic (exact) mass is 286 g/mol. The zero-order valence-electron chi connectivity index (χ0n) is 13.2. The Morgan fingerprint density at radius 3 is 1.81 bits per heavy atom. The van der Waals surface area contributed by atoms with E-state index in [1.54, 1.807) is 21.1 Å². The Morgan fingerprint density at radius 1 is 0.905 bits per heavy atom. The number of hydrogen-bond acceptors (Lipinski definition) is 3. The van der Waals surface area contributed by atoms with Gasteiger partial charge < -0.3 is 14.6 Å². The summed E-state index contributed by atoms with van der Waals surface area (Å²) in [6, 6.07) is 11.6. The Bertz CT molecular complexity index is 602. The smallest absolute Gasteiger partial charge is 0.129 e. The molecule has 0 fully saturated rings. The second-order valence-electron chi connectivity index (χ2n) is 5.49. The standard InChI is InChI=1S/C18H22O3/c1-12-9-13(2)11-14(10-12)18(3,19)17-15(20-4)7-6-8-16(17)21-5/h6-11,19H,1-5H3. The molecular formula is C18H22O3. The lowest BCUT2D eigenvalue weighted by atomic mass is 9.85. The minimum atomic E-state index is -1.20. The highest BCUT2D eigenvalue weighted by molar-refractivity contribution is 5.53. The lowest BCUT2D eigenvalue weighted by molar-refractivity contribution is 0.0954. The first kappa shape index (κ1) is 15.4. The summed E-state index contributed by atoms with van der Waals surface area (Å²) >= 11 is 0. The minimum absolute atomic E-state index is 0.610. The van der Waals surface area contributed by atoms with E-state index >= 15 is 0 Å². The molecule has 0 aromatic heterocycles. The average molecular weight is 286 g/mol. The molecule has 0 aliphatic rings. The summed E-state index contributed by atoms with van der Waals surface area (Å²) in [5, 5.41) is 11.2. The number of methoxy groups -OCH3 is 2. The largest absolute Gasteiger partial charge is 0.496 e. The molecule has 0 radical (unpaired) electrons. The van der Waals surface area contributed by atoms with Crippen molar-refractivity contribution in [3.63, 3.8) is 0 Å². The number of rotatable bonds is 4. The Hall–Kier alpha value is -2.00. The molecule has 2 aromatic carbocycles. The Labute approximate surface area is 126 Å². The van der Waals surface area contributed by atoms with Gasteiger partial charge in [0.05, 0.1) is 19.8 Å². The van der Waals surface area contributed by atoms with Gasteiger partial charge in [-0.15, -0.1) is 0 Å². The van der Waals surface area contributed by atoms with E-state index in [4.69, 9.17) is 9.47 Å². The van der Waals surface area contributed by atoms with Crippen LogP contribution in [0.3, 0.4) is 0 Å². The Morgan fingerprint density at radius 2 is 1.38 bits per heavy atom. The second kappa shape index (κ2) is 5.78. The van der Waals surface area contributed by atoms with Crippen LogP contribution >= 0.6 is 0 Å². The van der Waals surface area contributed by atoms with Crippen molar-refractivity contribution in [2.45, 2.75) is 26.4 Å². The fourth-order valence-electron chi connectivity index (χ4n) is 2.73. The zero-order valence-corrected chi connectivity index (χ0v) is 13.2. The van der Waals surface area contributed by atoms with E-state index in [2.05, 4.69) is 6.07 Å². The molecule has 1 unspecified atom stereocenters. The molecule has 1 N–H and O–H groups in total. The van der Waals surface area contributed by atoms with Crippen molar-refractivity contribution in [2.75, 3.05) is 14.2 Å². The van der Waals surface area contributed by atoms with E-state index in [0.717, 1.165) is 16.7 Å². The van der Waals surface area contributed by atoms with Crippen molar-refractivity contribution in [1.29, 1.82) is 0 Å². The van der Waals surface area contributed by atoms with Crippen LogP contribution in [0.15, 0.2) is 36.4 Å².